The van der Waals surface area contributed by atoms with E-state index >= 15 is 0 Å². The van der Waals surface area contributed by atoms with Crippen LogP contribution in [0, 0.1) is 0 Å². The van der Waals surface area contributed by atoms with Crippen molar-refractivity contribution >= 4 is 21.7 Å². The van der Waals surface area contributed by atoms with Gasteiger partial charge in [0.1, 0.15) is 0 Å². The second kappa shape index (κ2) is 5.76. The smallest absolute Gasteiger partial charge is 0.416 e. The van der Waals surface area contributed by atoms with Crippen molar-refractivity contribution < 1.29 is 31.5 Å². The SMILES string of the molecule is O=C(O)c1ccc2c(c1)CCN2S(=O)(=O)c1ccc(C(F)(F)F)cc1. The first kappa shape index (κ1) is 17.3. The number of carboxylic acid groups (broad SMARTS) is 1. The Morgan fingerprint density at radius 1 is 1.08 bits per heavy atom. The maximum absolute atomic E-state index is 12.7. The van der Waals surface area contributed by atoms with Crippen molar-refractivity contribution in [3.8, 4) is 0 Å². The highest BCUT2D eigenvalue weighted by molar-refractivity contribution is 7.92. The maximum atomic E-state index is 12.7. The molecule has 0 aromatic heterocycles. The fourth-order valence-corrected chi connectivity index (χ4v) is 4.20. The lowest BCUT2D eigenvalue weighted by Crippen LogP contribution is -2.29. The van der Waals surface area contributed by atoms with Gasteiger partial charge in [0.15, 0.2) is 0 Å². The van der Waals surface area contributed by atoms with Crippen molar-refractivity contribution in [3.63, 3.8) is 0 Å². The quantitative estimate of drug-likeness (QED) is 0.899. The summed E-state index contributed by atoms with van der Waals surface area (Å²) in [5.41, 5.74) is 0.0205. The minimum atomic E-state index is -4.55. The van der Waals surface area contributed by atoms with Crippen molar-refractivity contribution in [2.45, 2.75) is 17.5 Å². The van der Waals surface area contributed by atoms with Crippen LogP contribution in [-0.4, -0.2) is 26.0 Å². The van der Waals surface area contributed by atoms with Gasteiger partial charge in [-0.3, -0.25) is 4.31 Å². The van der Waals surface area contributed by atoms with Crippen LogP contribution in [0.4, 0.5) is 18.9 Å². The van der Waals surface area contributed by atoms with Crippen LogP contribution >= 0.6 is 0 Å². The first-order valence-corrected chi connectivity index (χ1v) is 8.61. The molecule has 0 atom stereocenters. The van der Waals surface area contributed by atoms with Gasteiger partial charge in [-0.2, -0.15) is 13.2 Å². The molecule has 0 saturated carbocycles. The molecule has 0 saturated heterocycles. The summed E-state index contributed by atoms with van der Waals surface area (Å²) in [7, 11) is -4.03. The van der Waals surface area contributed by atoms with Crippen LogP contribution < -0.4 is 4.31 Å². The Balaban J connectivity index is 1.96. The van der Waals surface area contributed by atoms with Crippen LogP contribution in [0.5, 0.6) is 0 Å². The van der Waals surface area contributed by atoms with E-state index < -0.39 is 27.7 Å². The average Bonchev–Trinajstić information content (AvgIpc) is 2.98. The molecule has 2 aromatic carbocycles. The topological polar surface area (TPSA) is 74.7 Å². The minimum Gasteiger partial charge on any atom is -0.478 e. The normalized spacial score (nSPS) is 14.4. The van der Waals surface area contributed by atoms with Crippen LogP contribution in [-0.2, 0) is 22.6 Å². The minimum absolute atomic E-state index is 0.0486. The summed E-state index contributed by atoms with van der Waals surface area (Å²) in [5, 5.41) is 8.99. The molecule has 1 aliphatic rings. The van der Waals surface area contributed by atoms with Gasteiger partial charge in [-0.05, 0) is 54.4 Å². The summed E-state index contributed by atoms with van der Waals surface area (Å²) in [6, 6.07) is 7.37. The van der Waals surface area contributed by atoms with E-state index in [9.17, 15) is 26.4 Å². The Morgan fingerprint density at radius 3 is 2.28 bits per heavy atom. The Morgan fingerprint density at radius 2 is 1.72 bits per heavy atom. The summed E-state index contributed by atoms with van der Waals surface area (Å²) >= 11 is 0. The summed E-state index contributed by atoms with van der Waals surface area (Å²) in [4.78, 5) is 10.7. The van der Waals surface area contributed by atoms with Gasteiger partial charge in [0.25, 0.3) is 10.0 Å². The van der Waals surface area contributed by atoms with Crippen molar-refractivity contribution in [1.82, 2.24) is 0 Å². The Hall–Kier alpha value is -2.55. The van der Waals surface area contributed by atoms with E-state index in [1.165, 1.54) is 18.2 Å². The Kier molecular flexibility index (Phi) is 3.98. The molecule has 132 valence electrons. The van der Waals surface area contributed by atoms with Gasteiger partial charge in [-0.25, -0.2) is 13.2 Å². The van der Waals surface area contributed by atoms with Gasteiger partial charge < -0.3 is 5.11 Å². The molecule has 3 rings (SSSR count). The van der Waals surface area contributed by atoms with E-state index in [0.717, 1.165) is 28.6 Å². The van der Waals surface area contributed by atoms with Crippen LogP contribution in [0.1, 0.15) is 21.5 Å². The van der Waals surface area contributed by atoms with Crippen LogP contribution in [0.25, 0.3) is 0 Å². The zero-order chi connectivity index (χ0) is 18.4. The molecule has 1 aliphatic heterocycles. The molecule has 9 heteroatoms. The van der Waals surface area contributed by atoms with E-state index in [4.69, 9.17) is 5.11 Å². The standard InChI is InChI=1S/C16H12F3NO4S/c17-16(18,19)12-2-4-13(5-3-12)25(23,24)20-8-7-10-9-11(15(21)22)1-6-14(10)20/h1-6,9H,7-8H2,(H,21,22). The average molecular weight is 371 g/mol. The molecule has 0 aliphatic carbocycles. The molecular formula is C16H12F3NO4S. The van der Waals surface area contributed by atoms with E-state index in [0.29, 0.717) is 17.7 Å². The molecule has 2 aromatic rings. The fourth-order valence-electron chi connectivity index (χ4n) is 2.70. The lowest BCUT2D eigenvalue weighted by Gasteiger charge is -2.20. The number of halogens is 3. The summed E-state index contributed by atoms with van der Waals surface area (Å²) in [6.45, 7) is 0.0990. The number of hydrogen-bond donors (Lipinski definition) is 1. The Bertz CT molecular complexity index is 937. The van der Waals surface area contributed by atoms with Gasteiger partial charge in [-0.15, -0.1) is 0 Å². The van der Waals surface area contributed by atoms with Crippen molar-refractivity contribution in [2.24, 2.45) is 0 Å². The molecule has 1 heterocycles. The highest BCUT2D eigenvalue weighted by Gasteiger charge is 2.33. The molecule has 0 fully saturated rings. The van der Waals surface area contributed by atoms with Gasteiger partial charge in [0.2, 0.25) is 0 Å². The molecule has 1 N–H and O–H groups in total. The number of fused-ring (bicyclic) bond motifs is 1. The van der Waals surface area contributed by atoms with Crippen molar-refractivity contribution in [3.05, 3.63) is 59.2 Å². The largest absolute Gasteiger partial charge is 0.478 e. The zero-order valence-corrected chi connectivity index (χ0v) is 13.4. The van der Waals surface area contributed by atoms with E-state index in [2.05, 4.69) is 0 Å². The number of hydrogen-bond acceptors (Lipinski definition) is 3. The number of anilines is 1. The third kappa shape index (κ3) is 3.07. The number of carboxylic acids is 1. The summed E-state index contributed by atoms with van der Waals surface area (Å²) in [5.74, 6) is -1.12. The third-order valence-electron chi connectivity index (χ3n) is 3.95. The lowest BCUT2D eigenvalue weighted by molar-refractivity contribution is -0.137. The van der Waals surface area contributed by atoms with Gasteiger partial charge in [-0.1, -0.05) is 0 Å². The number of benzene rings is 2. The third-order valence-corrected chi connectivity index (χ3v) is 5.78. The second-order valence-corrected chi connectivity index (χ2v) is 7.36. The first-order chi connectivity index (χ1) is 11.6. The number of sulfonamides is 1. The summed E-state index contributed by atoms with van der Waals surface area (Å²) < 4.78 is 64.3. The highest BCUT2D eigenvalue weighted by Crippen LogP contribution is 2.35. The molecule has 0 bridgehead atoms. The van der Waals surface area contributed by atoms with E-state index in [1.807, 2.05) is 0 Å². The highest BCUT2D eigenvalue weighted by atomic mass is 32.2. The molecule has 0 unspecified atom stereocenters. The molecule has 5 nitrogen and oxygen atoms in total. The lowest BCUT2D eigenvalue weighted by atomic mass is 10.1. The predicted octanol–water partition coefficient (Wildman–Crippen LogP) is 3.16. The second-order valence-electron chi connectivity index (χ2n) is 5.50. The van der Waals surface area contributed by atoms with Crippen molar-refractivity contribution in [2.75, 3.05) is 10.8 Å². The predicted molar refractivity (Wildman–Crippen MR) is 83.1 cm³/mol. The zero-order valence-electron chi connectivity index (χ0n) is 12.6. The number of carbonyl (C=O) groups is 1. The number of nitrogens with zero attached hydrogens (tertiary/aromatic N) is 1. The van der Waals surface area contributed by atoms with Crippen LogP contribution in [0.2, 0.25) is 0 Å². The van der Waals surface area contributed by atoms with Gasteiger partial charge >= 0.3 is 12.1 Å². The number of rotatable bonds is 3. The molecule has 0 amide bonds. The van der Waals surface area contributed by atoms with Crippen LogP contribution in [0.3, 0.4) is 0 Å². The molecular weight excluding hydrogens is 359 g/mol. The number of aromatic carboxylic acids is 1. The number of alkyl halides is 3. The first-order valence-electron chi connectivity index (χ1n) is 7.17. The van der Waals surface area contributed by atoms with Crippen LogP contribution in [0.15, 0.2) is 47.4 Å². The van der Waals surface area contributed by atoms with Crippen molar-refractivity contribution in [1.29, 1.82) is 0 Å². The Labute approximate surface area is 141 Å². The maximum Gasteiger partial charge on any atom is 0.416 e. The van der Waals surface area contributed by atoms with Gasteiger partial charge in [0.05, 0.1) is 21.7 Å². The summed E-state index contributed by atoms with van der Waals surface area (Å²) in [6.07, 6.45) is -4.22. The van der Waals surface area contributed by atoms with E-state index in [1.54, 1.807) is 0 Å². The van der Waals surface area contributed by atoms with E-state index in [-0.39, 0.29) is 17.0 Å². The van der Waals surface area contributed by atoms with Gasteiger partial charge in [0, 0.05) is 6.54 Å². The molecule has 0 spiro atoms. The molecule has 0 radical (unpaired) electrons. The fraction of sp³-hybridized carbons (Fsp3) is 0.188. The monoisotopic (exact) mass is 371 g/mol. The molecule has 25 heavy (non-hydrogen) atoms.